The highest BCUT2D eigenvalue weighted by atomic mass is 79.9. The predicted molar refractivity (Wildman–Crippen MR) is 87.8 cm³/mol. The van der Waals surface area contributed by atoms with E-state index in [1.807, 2.05) is 25.2 Å². The lowest BCUT2D eigenvalue weighted by Gasteiger charge is -2.16. The monoisotopic (exact) mass is 353 g/mol. The fourth-order valence-corrected chi connectivity index (χ4v) is 3.56. The minimum atomic E-state index is -0.169. The molecule has 0 saturated heterocycles. The molecule has 106 valence electrons. The third-order valence-electron chi connectivity index (χ3n) is 3.03. The number of rotatable bonds is 6. The van der Waals surface area contributed by atoms with E-state index in [0.29, 0.717) is 6.04 Å². The van der Waals surface area contributed by atoms with Gasteiger partial charge in [0.1, 0.15) is 5.82 Å². The number of likely N-dealkylation sites (N-methyl/N-ethyl adjacent to an activating group) is 1. The molecule has 4 heteroatoms. The first kappa shape index (κ1) is 15.5. The normalized spacial score (nSPS) is 12.3. The summed E-state index contributed by atoms with van der Waals surface area (Å²) >= 11 is 5.28. The van der Waals surface area contributed by atoms with E-state index in [1.165, 1.54) is 11.0 Å². The van der Waals surface area contributed by atoms with Crippen molar-refractivity contribution < 1.29 is 4.39 Å². The van der Waals surface area contributed by atoms with Crippen molar-refractivity contribution in [1.82, 2.24) is 5.32 Å². The molecule has 0 aromatic heterocycles. The van der Waals surface area contributed by atoms with Crippen LogP contribution in [0, 0.1) is 5.82 Å². The molecule has 2 rings (SSSR count). The van der Waals surface area contributed by atoms with Gasteiger partial charge >= 0.3 is 0 Å². The maximum absolute atomic E-state index is 13.2. The number of hydrogen-bond acceptors (Lipinski definition) is 2. The zero-order valence-corrected chi connectivity index (χ0v) is 13.7. The molecule has 0 bridgehead atoms. The molecule has 1 nitrogen and oxygen atoms in total. The van der Waals surface area contributed by atoms with Gasteiger partial charge in [0.2, 0.25) is 0 Å². The summed E-state index contributed by atoms with van der Waals surface area (Å²) in [5.74, 6) is 0.778. The fraction of sp³-hybridized carbons (Fsp3) is 0.250. The number of nitrogens with one attached hydrogen (secondary N) is 1. The molecule has 0 aliphatic carbocycles. The molecule has 0 fully saturated rings. The maximum Gasteiger partial charge on any atom is 0.123 e. The Bertz CT molecular complexity index is 562. The lowest BCUT2D eigenvalue weighted by Crippen LogP contribution is -2.30. The van der Waals surface area contributed by atoms with Gasteiger partial charge < -0.3 is 5.32 Å². The lowest BCUT2D eigenvalue weighted by molar-refractivity contribution is 0.602. The third kappa shape index (κ3) is 4.93. The molecule has 0 aliphatic heterocycles. The molecular formula is C16H17BrFNS. The van der Waals surface area contributed by atoms with Gasteiger partial charge in [0.05, 0.1) is 0 Å². The molecule has 1 unspecified atom stereocenters. The Morgan fingerprint density at radius 3 is 2.70 bits per heavy atom. The van der Waals surface area contributed by atoms with Crippen LogP contribution in [0.15, 0.2) is 57.9 Å². The van der Waals surface area contributed by atoms with Gasteiger partial charge in [0.15, 0.2) is 0 Å². The van der Waals surface area contributed by atoms with Crippen LogP contribution in [0.4, 0.5) is 4.39 Å². The van der Waals surface area contributed by atoms with Crippen LogP contribution in [0.2, 0.25) is 0 Å². The SMILES string of the molecule is CNC(CSc1cccc(Br)c1)Cc1cccc(F)c1. The highest BCUT2D eigenvalue weighted by Crippen LogP contribution is 2.23. The molecular weight excluding hydrogens is 337 g/mol. The van der Waals surface area contributed by atoms with Crippen LogP contribution in [-0.4, -0.2) is 18.8 Å². The first-order chi connectivity index (χ1) is 9.67. The van der Waals surface area contributed by atoms with E-state index in [-0.39, 0.29) is 5.82 Å². The second-order valence-electron chi connectivity index (χ2n) is 4.59. The van der Waals surface area contributed by atoms with Gasteiger partial charge in [-0.25, -0.2) is 4.39 Å². The number of halogens is 2. The van der Waals surface area contributed by atoms with Crippen LogP contribution in [0.1, 0.15) is 5.56 Å². The molecule has 0 radical (unpaired) electrons. The molecule has 0 heterocycles. The Morgan fingerprint density at radius 2 is 2.00 bits per heavy atom. The van der Waals surface area contributed by atoms with Crippen LogP contribution in [0.25, 0.3) is 0 Å². The Hall–Kier alpha value is -0.840. The molecule has 0 spiro atoms. The van der Waals surface area contributed by atoms with Crippen LogP contribution in [0.3, 0.4) is 0 Å². The predicted octanol–water partition coefficient (Wildman–Crippen LogP) is 4.51. The van der Waals surface area contributed by atoms with E-state index in [0.717, 1.165) is 22.2 Å². The second-order valence-corrected chi connectivity index (χ2v) is 6.60. The molecule has 2 aromatic carbocycles. The Balaban J connectivity index is 1.92. The number of thioether (sulfide) groups is 1. The first-order valence-corrected chi connectivity index (χ1v) is 8.25. The zero-order valence-electron chi connectivity index (χ0n) is 11.3. The Kier molecular flexibility index (Phi) is 6.07. The molecule has 20 heavy (non-hydrogen) atoms. The summed E-state index contributed by atoms with van der Waals surface area (Å²) in [4.78, 5) is 1.24. The maximum atomic E-state index is 13.2. The van der Waals surface area contributed by atoms with Gasteiger partial charge in [-0.05, 0) is 49.4 Å². The van der Waals surface area contributed by atoms with Crippen molar-refractivity contribution in [2.75, 3.05) is 12.8 Å². The van der Waals surface area contributed by atoms with Crippen molar-refractivity contribution in [3.63, 3.8) is 0 Å². The van der Waals surface area contributed by atoms with E-state index in [2.05, 4.69) is 33.4 Å². The first-order valence-electron chi connectivity index (χ1n) is 6.47. The molecule has 1 atom stereocenters. The van der Waals surface area contributed by atoms with Crippen LogP contribution in [-0.2, 0) is 6.42 Å². The molecule has 0 amide bonds. The van der Waals surface area contributed by atoms with Gasteiger partial charge in [-0.2, -0.15) is 0 Å². The van der Waals surface area contributed by atoms with E-state index < -0.39 is 0 Å². The summed E-state index contributed by atoms with van der Waals surface area (Å²) < 4.78 is 14.3. The van der Waals surface area contributed by atoms with Gasteiger partial charge in [-0.15, -0.1) is 11.8 Å². The van der Waals surface area contributed by atoms with Crippen LogP contribution >= 0.6 is 27.7 Å². The quantitative estimate of drug-likeness (QED) is 0.766. The standard InChI is InChI=1S/C16H17BrFNS/c1-19-15(9-12-4-2-6-14(18)8-12)11-20-16-7-3-5-13(17)10-16/h2-8,10,15,19H,9,11H2,1H3. The zero-order chi connectivity index (χ0) is 14.4. The third-order valence-corrected chi connectivity index (χ3v) is 4.68. The van der Waals surface area contributed by atoms with E-state index in [1.54, 1.807) is 23.9 Å². The van der Waals surface area contributed by atoms with Gasteiger partial charge in [-0.1, -0.05) is 34.1 Å². The number of hydrogen-bond donors (Lipinski definition) is 1. The fourth-order valence-electron chi connectivity index (χ4n) is 1.95. The highest BCUT2D eigenvalue weighted by Gasteiger charge is 2.09. The summed E-state index contributed by atoms with van der Waals surface area (Å²) in [5, 5.41) is 3.30. The van der Waals surface area contributed by atoms with Crippen molar-refractivity contribution in [1.29, 1.82) is 0 Å². The topological polar surface area (TPSA) is 12.0 Å². The lowest BCUT2D eigenvalue weighted by atomic mass is 10.1. The number of benzene rings is 2. The molecule has 0 saturated carbocycles. The minimum Gasteiger partial charge on any atom is -0.316 e. The van der Waals surface area contributed by atoms with E-state index in [9.17, 15) is 4.39 Å². The summed E-state index contributed by atoms with van der Waals surface area (Å²) in [6.45, 7) is 0. The second kappa shape index (κ2) is 7.81. The van der Waals surface area contributed by atoms with E-state index >= 15 is 0 Å². The van der Waals surface area contributed by atoms with Crippen molar-refractivity contribution >= 4 is 27.7 Å². The van der Waals surface area contributed by atoms with Crippen molar-refractivity contribution in [2.24, 2.45) is 0 Å². The Morgan fingerprint density at radius 1 is 1.20 bits per heavy atom. The van der Waals surface area contributed by atoms with Gasteiger partial charge in [0, 0.05) is 21.2 Å². The Labute approximate surface area is 132 Å². The van der Waals surface area contributed by atoms with Crippen LogP contribution in [0.5, 0.6) is 0 Å². The minimum absolute atomic E-state index is 0.169. The smallest absolute Gasteiger partial charge is 0.123 e. The van der Waals surface area contributed by atoms with Crippen molar-refractivity contribution in [3.05, 3.63) is 64.4 Å². The van der Waals surface area contributed by atoms with E-state index in [4.69, 9.17) is 0 Å². The average molecular weight is 354 g/mol. The van der Waals surface area contributed by atoms with Crippen molar-refractivity contribution in [2.45, 2.75) is 17.4 Å². The highest BCUT2D eigenvalue weighted by molar-refractivity contribution is 9.10. The summed E-state index contributed by atoms with van der Waals surface area (Å²) in [7, 11) is 1.95. The largest absolute Gasteiger partial charge is 0.316 e. The molecule has 1 N–H and O–H groups in total. The van der Waals surface area contributed by atoms with Crippen molar-refractivity contribution in [3.8, 4) is 0 Å². The summed E-state index contributed by atoms with van der Waals surface area (Å²) in [6, 6.07) is 15.4. The van der Waals surface area contributed by atoms with Gasteiger partial charge in [-0.3, -0.25) is 0 Å². The summed E-state index contributed by atoms with van der Waals surface area (Å²) in [6.07, 6.45) is 0.829. The van der Waals surface area contributed by atoms with Crippen LogP contribution < -0.4 is 5.32 Å². The van der Waals surface area contributed by atoms with Gasteiger partial charge in [0.25, 0.3) is 0 Å². The average Bonchev–Trinajstić information content (AvgIpc) is 2.43. The molecule has 2 aromatic rings. The summed E-state index contributed by atoms with van der Waals surface area (Å²) in [5.41, 5.74) is 1.03. The molecule has 0 aliphatic rings.